The third kappa shape index (κ3) is 2.39. The maximum atomic E-state index is 11.9. The summed E-state index contributed by atoms with van der Waals surface area (Å²) in [5, 5.41) is 3.42. The first kappa shape index (κ1) is 13.4. The zero-order valence-electron chi connectivity index (χ0n) is 12.2. The van der Waals surface area contributed by atoms with Gasteiger partial charge in [0.25, 0.3) is 0 Å². The smallest absolute Gasteiger partial charge is 0.315 e. The standard InChI is InChI=1S/C15H22N4O/c1-17-13-5-4-12(10-14(13)18(2)15(17)20)11-19-8-3-6-16-7-9-19/h4-5,10,16H,3,6-9,11H2,1-2H3. The largest absolute Gasteiger partial charge is 0.328 e. The summed E-state index contributed by atoms with van der Waals surface area (Å²) in [5.74, 6) is 0. The summed E-state index contributed by atoms with van der Waals surface area (Å²) in [5.41, 5.74) is 3.33. The predicted octanol–water partition coefficient (Wildman–Crippen LogP) is 0.672. The van der Waals surface area contributed by atoms with E-state index in [-0.39, 0.29) is 5.69 Å². The molecule has 1 fully saturated rings. The lowest BCUT2D eigenvalue weighted by Crippen LogP contribution is -2.27. The summed E-state index contributed by atoms with van der Waals surface area (Å²) in [6.45, 7) is 5.36. The molecule has 0 amide bonds. The molecule has 1 aliphatic heterocycles. The molecule has 1 aliphatic rings. The van der Waals surface area contributed by atoms with E-state index in [9.17, 15) is 4.79 Å². The van der Waals surface area contributed by atoms with Gasteiger partial charge in [-0.3, -0.25) is 14.0 Å². The van der Waals surface area contributed by atoms with Crippen LogP contribution in [0.4, 0.5) is 0 Å². The van der Waals surface area contributed by atoms with Crippen molar-refractivity contribution in [3.63, 3.8) is 0 Å². The van der Waals surface area contributed by atoms with Crippen molar-refractivity contribution >= 4 is 11.0 Å². The van der Waals surface area contributed by atoms with Crippen LogP contribution in [-0.4, -0.2) is 40.2 Å². The Hall–Kier alpha value is -1.59. The molecule has 0 atom stereocenters. The second-order valence-electron chi connectivity index (χ2n) is 5.60. The van der Waals surface area contributed by atoms with Crippen molar-refractivity contribution in [3.8, 4) is 0 Å². The van der Waals surface area contributed by atoms with E-state index in [4.69, 9.17) is 0 Å². The number of hydrogen-bond acceptors (Lipinski definition) is 3. The first-order chi connectivity index (χ1) is 9.66. The van der Waals surface area contributed by atoms with E-state index < -0.39 is 0 Å². The molecular formula is C15H22N4O. The van der Waals surface area contributed by atoms with Crippen molar-refractivity contribution in [1.82, 2.24) is 19.4 Å². The third-order valence-electron chi connectivity index (χ3n) is 4.18. The highest BCUT2D eigenvalue weighted by atomic mass is 16.1. The van der Waals surface area contributed by atoms with Gasteiger partial charge in [0.05, 0.1) is 11.0 Å². The number of fused-ring (bicyclic) bond motifs is 1. The van der Waals surface area contributed by atoms with Gasteiger partial charge in [0.2, 0.25) is 0 Å². The van der Waals surface area contributed by atoms with Gasteiger partial charge in [0.1, 0.15) is 0 Å². The monoisotopic (exact) mass is 274 g/mol. The van der Waals surface area contributed by atoms with E-state index in [2.05, 4.69) is 28.4 Å². The van der Waals surface area contributed by atoms with Crippen LogP contribution in [0.2, 0.25) is 0 Å². The minimum Gasteiger partial charge on any atom is -0.315 e. The molecule has 1 saturated heterocycles. The van der Waals surface area contributed by atoms with Crippen LogP contribution in [0.25, 0.3) is 11.0 Å². The fraction of sp³-hybridized carbons (Fsp3) is 0.533. The topological polar surface area (TPSA) is 42.2 Å². The molecular weight excluding hydrogens is 252 g/mol. The van der Waals surface area contributed by atoms with Crippen molar-refractivity contribution < 1.29 is 0 Å². The van der Waals surface area contributed by atoms with E-state index in [1.807, 2.05) is 14.1 Å². The zero-order valence-corrected chi connectivity index (χ0v) is 12.2. The molecule has 5 nitrogen and oxygen atoms in total. The summed E-state index contributed by atoms with van der Waals surface area (Å²) in [6, 6.07) is 6.34. The van der Waals surface area contributed by atoms with Crippen molar-refractivity contribution in [1.29, 1.82) is 0 Å². The fourth-order valence-electron chi connectivity index (χ4n) is 2.97. The molecule has 1 N–H and O–H groups in total. The van der Waals surface area contributed by atoms with Gasteiger partial charge in [-0.15, -0.1) is 0 Å². The number of aromatic nitrogens is 2. The minimum atomic E-state index is 0.0381. The van der Waals surface area contributed by atoms with Crippen molar-refractivity contribution in [2.75, 3.05) is 26.2 Å². The Morgan fingerprint density at radius 1 is 1.10 bits per heavy atom. The highest BCUT2D eigenvalue weighted by Gasteiger charge is 2.11. The molecule has 2 heterocycles. The Morgan fingerprint density at radius 2 is 1.90 bits per heavy atom. The normalized spacial score (nSPS) is 17.5. The van der Waals surface area contributed by atoms with Crippen LogP contribution in [0, 0.1) is 0 Å². The van der Waals surface area contributed by atoms with Crippen LogP contribution in [-0.2, 0) is 20.6 Å². The molecule has 1 aromatic heterocycles. The van der Waals surface area contributed by atoms with Crippen LogP contribution in [0.1, 0.15) is 12.0 Å². The van der Waals surface area contributed by atoms with Crippen LogP contribution in [0.5, 0.6) is 0 Å². The van der Waals surface area contributed by atoms with Gasteiger partial charge in [0, 0.05) is 33.7 Å². The van der Waals surface area contributed by atoms with E-state index in [1.54, 1.807) is 9.13 Å². The predicted molar refractivity (Wildman–Crippen MR) is 80.9 cm³/mol. The molecule has 2 aromatic rings. The SMILES string of the molecule is Cn1c(=O)n(C)c2cc(CN3CCCNCC3)ccc21. The Labute approximate surface area is 118 Å². The summed E-state index contributed by atoms with van der Waals surface area (Å²) in [6.07, 6.45) is 1.20. The molecule has 0 aliphatic carbocycles. The highest BCUT2D eigenvalue weighted by Crippen LogP contribution is 2.15. The summed E-state index contributed by atoms with van der Waals surface area (Å²) < 4.78 is 3.43. The van der Waals surface area contributed by atoms with E-state index in [1.165, 1.54) is 12.0 Å². The molecule has 108 valence electrons. The van der Waals surface area contributed by atoms with Crippen LogP contribution in [0.15, 0.2) is 23.0 Å². The van der Waals surface area contributed by atoms with Crippen LogP contribution < -0.4 is 11.0 Å². The molecule has 5 heteroatoms. The molecule has 0 saturated carbocycles. The Balaban J connectivity index is 1.89. The van der Waals surface area contributed by atoms with E-state index in [0.29, 0.717) is 0 Å². The van der Waals surface area contributed by atoms with Crippen molar-refractivity contribution in [2.45, 2.75) is 13.0 Å². The molecule has 0 bridgehead atoms. The Morgan fingerprint density at radius 3 is 2.75 bits per heavy atom. The summed E-state index contributed by atoms with van der Waals surface area (Å²) in [4.78, 5) is 14.4. The van der Waals surface area contributed by atoms with Crippen LogP contribution in [0.3, 0.4) is 0 Å². The third-order valence-corrected chi connectivity index (χ3v) is 4.18. The Bertz CT molecular complexity index is 662. The van der Waals surface area contributed by atoms with Gasteiger partial charge in [-0.2, -0.15) is 0 Å². The second-order valence-corrected chi connectivity index (χ2v) is 5.60. The van der Waals surface area contributed by atoms with Crippen molar-refractivity contribution in [3.05, 3.63) is 34.2 Å². The number of nitrogens with zero attached hydrogens (tertiary/aromatic N) is 3. The van der Waals surface area contributed by atoms with Gasteiger partial charge < -0.3 is 5.32 Å². The van der Waals surface area contributed by atoms with E-state index in [0.717, 1.165) is 43.8 Å². The second kappa shape index (κ2) is 5.42. The van der Waals surface area contributed by atoms with Gasteiger partial charge >= 0.3 is 5.69 Å². The summed E-state index contributed by atoms with van der Waals surface area (Å²) >= 11 is 0. The average molecular weight is 274 g/mol. The molecule has 0 radical (unpaired) electrons. The molecule has 0 spiro atoms. The highest BCUT2D eigenvalue weighted by molar-refractivity contribution is 5.76. The summed E-state index contributed by atoms with van der Waals surface area (Å²) in [7, 11) is 3.66. The zero-order chi connectivity index (χ0) is 14.1. The lowest BCUT2D eigenvalue weighted by molar-refractivity contribution is 0.284. The molecule has 20 heavy (non-hydrogen) atoms. The van der Waals surface area contributed by atoms with Crippen molar-refractivity contribution in [2.24, 2.45) is 14.1 Å². The average Bonchev–Trinajstić information content (AvgIpc) is 2.68. The maximum Gasteiger partial charge on any atom is 0.328 e. The Kier molecular flexibility index (Phi) is 3.63. The number of aryl methyl sites for hydroxylation is 2. The molecule has 1 aromatic carbocycles. The minimum absolute atomic E-state index is 0.0381. The van der Waals surface area contributed by atoms with E-state index >= 15 is 0 Å². The van der Waals surface area contributed by atoms with Gasteiger partial charge in [-0.1, -0.05) is 6.07 Å². The first-order valence-electron chi connectivity index (χ1n) is 7.24. The number of benzene rings is 1. The number of imidazole rings is 1. The fourth-order valence-corrected chi connectivity index (χ4v) is 2.97. The van der Waals surface area contributed by atoms with Gasteiger partial charge in [0.15, 0.2) is 0 Å². The van der Waals surface area contributed by atoms with Crippen LogP contribution >= 0.6 is 0 Å². The van der Waals surface area contributed by atoms with Gasteiger partial charge in [-0.25, -0.2) is 4.79 Å². The molecule has 3 rings (SSSR count). The number of hydrogen-bond donors (Lipinski definition) is 1. The lowest BCUT2D eigenvalue weighted by Gasteiger charge is -2.19. The molecule has 0 unspecified atom stereocenters. The number of rotatable bonds is 2. The maximum absolute atomic E-state index is 11.9. The lowest BCUT2D eigenvalue weighted by atomic mass is 10.2. The number of nitrogens with one attached hydrogen (secondary N) is 1. The quantitative estimate of drug-likeness (QED) is 0.875. The first-order valence-corrected chi connectivity index (χ1v) is 7.24. The van der Waals surface area contributed by atoms with Gasteiger partial charge in [-0.05, 0) is 37.2 Å².